The number of carbonyl (C=O) groups is 2. The van der Waals surface area contributed by atoms with Crippen molar-refractivity contribution in [1.82, 2.24) is 4.90 Å². The largest absolute Gasteiger partial charge is 0.490 e. The molecule has 31 heavy (non-hydrogen) atoms. The number of esters is 1. The van der Waals surface area contributed by atoms with E-state index in [1.807, 2.05) is 18.2 Å². The molecule has 1 aromatic carbocycles. The molecule has 3 rings (SSSR count). The standard InChI is InChI=1S/C23H26ClNO6/c1-2-29-22(27)10-5-13-30-19-8-3-6-17-16-20(31-23(17)19)18(24)7-4-9-21(26)25-11-14-28-15-12-25/h3-4,6-9,16H,2,5,10-15H2,1H3. The Kier molecular flexibility index (Phi) is 8.55. The van der Waals surface area contributed by atoms with Gasteiger partial charge in [-0.2, -0.15) is 0 Å². The number of furan rings is 1. The Balaban J connectivity index is 1.61. The molecule has 1 aliphatic rings. The molecule has 0 aliphatic carbocycles. The van der Waals surface area contributed by atoms with Crippen LogP contribution < -0.4 is 4.74 Å². The van der Waals surface area contributed by atoms with Crippen molar-refractivity contribution in [3.05, 3.63) is 48.3 Å². The van der Waals surface area contributed by atoms with Gasteiger partial charge in [0.2, 0.25) is 5.91 Å². The van der Waals surface area contributed by atoms with Crippen LogP contribution in [0.15, 0.2) is 46.9 Å². The predicted octanol–water partition coefficient (Wildman–Crippen LogP) is 4.15. The van der Waals surface area contributed by atoms with Gasteiger partial charge in [0, 0.05) is 31.0 Å². The first-order valence-corrected chi connectivity index (χ1v) is 10.7. The van der Waals surface area contributed by atoms with Crippen molar-refractivity contribution in [3.63, 3.8) is 0 Å². The Hall–Kier alpha value is -2.77. The molecule has 0 spiro atoms. The van der Waals surface area contributed by atoms with E-state index in [9.17, 15) is 9.59 Å². The van der Waals surface area contributed by atoms with E-state index in [4.69, 9.17) is 30.2 Å². The second-order valence-electron chi connectivity index (χ2n) is 6.85. The molecule has 1 aliphatic heterocycles. The van der Waals surface area contributed by atoms with Crippen LogP contribution in [0.5, 0.6) is 5.75 Å². The summed E-state index contributed by atoms with van der Waals surface area (Å²) in [7, 11) is 0. The summed E-state index contributed by atoms with van der Waals surface area (Å²) in [4.78, 5) is 25.3. The number of hydrogen-bond donors (Lipinski definition) is 0. The van der Waals surface area contributed by atoms with Crippen LogP contribution in [0, 0.1) is 0 Å². The van der Waals surface area contributed by atoms with Crippen molar-refractivity contribution in [2.75, 3.05) is 39.5 Å². The molecule has 2 aromatic rings. The molecule has 0 atom stereocenters. The average Bonchev–Trinajstić information content (AvgIpc) is 3.23. The third-order valence-corrected chi connectivity index (χ3v) is 4.95. The number of amides is 1. The number of morpholine rings is 1. The van der Waals surface area contributed by atoms with Gasteiger partial charge in [-0.25, -0.2) is 0 Å². The fourth-order valence-corrected chi connectivity index (χ4v) is 3.25. The summed E-state index contributed by atoms with van der Waals surface area (Å²) >= 11 is 6.37. The molecular weight excluding hydrogens is 422 g/mol. The molecule has 0 N–H and O–H groups in total. The van der Waals surface area contributed by atoms with Crippen molar-refractivity contribution >= 4 is 39.5 Å². The van der Waals surface area contributed by atoms with Crippen LogP contribution in [0.1, 0.15) is 25.5 Å². The van der Waals surface area contributed by atoms with E-state index in [0.29, 0.717) is 74.5 Å². The smallest absolute Gasteiger partial charge is 0.305 e. The highest BCUT2D eigenvalue weighted by molar-refractivity contribution is 6.48. The quantitative estimate of drug-likeness (QED) is 0.249. The van der Waals surface area contributed by atoms with Crippen molar-refractivity contribution < 1.29 is 28.2 Å². The molecule has 7 nitrogen and oxygen atoms in total. The topological polar surface area (TPSA) is 78.2 Å². The molecule has 2 heterocycles. The van der Waals surface area contributed by atoms with Crippen LogP contribution in [-0.2, 0) is 19.1 Å². The highest BCUT2D eigenvalue weighted by Gasteiger charge is 2.14. The number of para-hydroxylation sites is 1. The molecule has 0 saturated carbocycles. The van der Waals surface area contributed by atoms with E-state index in [0.717, 1.165) is 5.39 Å². The first kappa shape index (κ1) is 22.9. The predicted molar refractivity (Wildman–Crippen MR) is 118 cm³/mol. The van der Waals surface area contributed by atoms with Crippen molar-refractivity contribution in [2.45, 2.75) is 19.8 Å². The first-order valence-electron chi connectivity index (χ1n) is 10.3. The number of nitrogens with zero attached hydrogens (tertiary/aromatic N) is 1. The Labute approximate surface area is 186 Å². The summed E-state index contributed by atoms with van der Waals surface area (Å²) in [6.45, 7) is 4.81. The molecule has 1 amide bonds. The number of carbonyl (C=O) groups excluding carboxylic acids is 2. The van der Waals surface area contributed by atoms with E-state index >= 15 is 0 Å². The van der Waals surface area contributed by atoms with Gasteiger partial charge in [0.05, 0.1) is 31.5 Å². The summed E-state index contributed by atoms with van der Waals surface area (Å²) < 4.78 is 21.8. The maximum atomic E-state index is 12.1. The van der Waals surface area contributed by atoms with Gasteiger partial charge in [-0.1, -0.05) is 29.8 Å². The lowest BCUT2D eigenvalue weighted by atomic mass is 10.2. The lowest BCUT2D eigenvalue weighted by Gasteiger charge is -2.25. The molecule has 1 saturated heterocycles. The zero-order valence-corrected chi connectivity index (χ0v) is 18.2. The highest BCUT2D eigenvalue weighted by Crippen LogP contribution is 2.33. The first-order chi connectivity index (χ1) is 15.1. The summed E-state index contributed by atoms with van der Waals surface area (Å²) in [5.74, 6) is 0.742. The van der Waals surface area contributed by atoms with Crippen LogP contribution in [0.3, 0.4) is 0 Å². The van der Waals surface area contributed by atoms with Crippen LogP contribution >= 0.6 is 11.6 Å². The van der Waals surface area contributed by atoms with E-state index in [-0.39, 0.29) is 11.9 Å². The molecular formula is C23H26ClNO6. The fourth-order valence-electron chi connectivity index (χ4n) is 3.09. The Morgan fingerprint density at radius 1 is 1.26 bits per heavy atom. The highest BCUT2D eigenvalue weighted by atomic mass is 35.5. The number of allylic oxidation sites excluding steroid dienone is 2. The second-order valence-corrected chi connectivity index (χ2v) is 7.26. The third-order valence-electron chi connectivity index (χ3n) is 4.64. The summed E-state index contributed by atoms with van der Waals surface area (Å²) in [6, 6.07) is 7.38. The van der Waals surface area contributed by atoms with Gasteiger partial charge in [-0.3, -0.25) is 9.59 Å². The van der Waals surface area contributed by atoms with E-state index in [1.165, 1.54) is 6.08 Å². The monoisotopic (exact) mass is 447 g/mol. The normalized spacial score (nSPS) is 14.9. The van der Waals surface area contributed by atoms with E-state index in [2.05, 4.69) is 0 Å². The summed E-state index contributed by atoms with van der Waals surface area (Å²) in [6.07, 6.45) is 5.56. The Morgan fingerprint density at radius 2 is 2.06 bits per heavy atom. The lowest BCUT2D eigenvalue weighted by Crippen LogP contribution is -2.39. The summed E-state index contributed by atoms with van der Waals surface area (Å²) in [5, 5.41) is 1.22. The van der Waals surface area contributed by atoms with Gasteiger partial charge >= 0.3 is 5.97 Å². The number of ether oxygens (including phenoxy) is 3. The minimum Gasteiger partial charge on any atom is -0.490 e. The molecule has 1 aromatic heterocycles. The van der Waals surface area contributed by atoms with Crippen LogP contribution in [0.2, 0.25) is 0 Å². The van der Waals surface area contributed by atoms with E-state index in [1.54, 1.807) is 30.0 Å². The summed E-state index contributed by atoms with van der Waals surface area (Å²) in [5.41, 5.74) is 0.577. The molecule has 0 unspecified atom stereocenters. The maximum absolute atomic E-state index is 12.1. The number of rotatable bonds is 9. The minimum absolute atomic E-state index is 0.0767. The number of halogens is 1. The number of fused-ring (bicyclic) bond motifs is 1. The van der Waals surface area contributed by atoms with Crippen LogP contribution in [-0.4, -0.2) is 56.3 Å². The second kappa shape index (κ2) is 11.6. The van der Waals surface area contributed by atoms with E-state index < -0.39 is 0 Å². The van der Waals surface area contributed by atoms with Crippen LogP contribution in [0.25, 0.3) is 16.0 Å². The zero-order chi connectivity index (χ0) is 22.1. The molecule has 8 heteroatoms. The van der Waals surface area contributed by atoms with Crippen molar-refractivity contribution in [3.8, 4) is 5.75 Å². The maximum Gasteiger partial charge on any atom is 0.305 e. The van der Waals surface area contributed by atoms with Gasteiger partial charge in [0.25, 0.3) is 0 Å². The number of benzene rings is 1. The molecule has 0 radical (unpaired) electrons. The lowest BCUT2D eigenvalue weighted by molar-refractivity contribution is -0.143. The molecule has 1 fully saturated rings. The number of hydrogen-bond acceptors (Lipinski definition) is 6. The van der Waals surface area contributed by atoms with Crippen LogP contribution in [0.4, 0.5) is 0 Å². The van der Waals surface area contributed by atoms with Gasteiger partial charge in [-0.05, 0) is 31.6 Å². The van der Waals surface area contributed by atoms with Gasteiger partial charge in [0.15, 0.2) is 11.3 Å². The Morgan fingerprint density at radius 3 is 2.84 bits per heavy atom. The van der Waals surface area contributed by atoms with Gasteiger partial charge in [-0.15, -0.1) is 0 Å². The van der Waals surface area contributed by atoms with Crippen molar-refractivity contribution in [2.24, 2.45) is 0 Å². The zero-order valence-electron chi connectivity index (χ0n) is 17.5. The minimum atomic E-state index is -0.235. The molecule has 166 valence electrons. The average molecular weight is 448 g/mol. The SMILES string of the molecule is CCOC(=O)CCCOc1cccc2cc(C(Cl)=CC=CC(=O)N3CCOCC3)oc12. The Bertz CT molecular complexity index is 958. The van der Waals surface area contributed by atoms with Gasteiger partial charge in [0.1, 0.15) is 5.76 Å². The fraction of sp³-hybridized carbons (Fsp3) is 0.391. The van der Waals surface area contributed by atoms with Gasteiger partial charge < -0.3 is 23.5 Å². The molecule has 0 bridgehead atoms. The third kappa shape index (κ3) is 6.60. The van der Waals surface area contributed by atoms with Crippen molar-refractivity contribution in [1.29, 1.82) is 0 Å².